The lowest BCUT2D eigenvalue weighted by Gasteiger charge is -2.31. The maximum absolute atomic E-state index is 10.7. The van der Waals surface area contributed by atoms with E-state index in [1.807, 2.05) is 13.8 Å². The quantitative estimate of drug-likeness (QED) is 0.605. The molecule has 0 spiro atoms. The number of nitrogens with zero attached hydrogens (tertiary/aromatic N) is 4. The monoisotopic (exact) mass is 379 g/mol. The van der Waals surface area contributed by atoms with Crippen LogP contribution in [0.2, 0.25) is 5.02 Å². The van der Waals surface area contributed by atoms with Gasteiger partial charge in [0, 0.05) is 12.6 Å². The number of rotatable bonds is 6. The zero-order chi connectivity index (χ0) is 18.7. The summed E-state index contributed by atoms with van der Waals surface area (Å²) >= 11 is 6.06. The molecule has 0 radical (unpaired) electrons. The van der Waals surface area contributed by atoms with Gasteiger partial charge in [-0.05, 0) is 45.7 Å². The van der Waals surface area contributed by atoms with Crippen molar-refractivity contribution in [2.75, 3.05) is 25.0 Å². The van der Waals surface area contributed by atoms with Crippen molar-refractivity contribution in [2.45, 2.75) is 33.2 Å². The molecule has 2 aromatic rings. The number of aryl methyl sites for hydroxylation is 2. The Bertz CT molecular complexity index is 767. The largest absolute Gasteiger partial charge is 0.444 e. The number of piperidine rings is 1. The fourth-order valence-corrected chi connectivity index (χ4v) is 3.27. The molecule has 0 saturated carbocycles. The molecule has 1 aliphatic rings. The van der Waals surface area contributed by atoms with Crippen LogP contribution in [-0.2, 0) is 6.54 Å². The molecule has 1 aliphatic heterocycles. The molecule has 3 heterocycles. The topological polar surface area (TPSA) is 97.3 Å². The first-order valence-corrected chi connectivity index (χ1v) is 8.99. The van der Waals surface area contributed by atoms with Gasteiger partial charge in [0.2, 0.25) is 5.89 Å². The second-order valence-electron chi connectivity index (χ2n) is 6.63. The molecule has 0 atom stereocenters. The van der Waals surface area contributed by atoms with E-state index in [0.29, 0.717) is 11.7 Å². The summed E-state index contributed by atoms with van der Waals surface area (Å²) in [6.45, 7) is 7.33. The third-order valence-corrected chi connectivity index (χ3v) is 5.02. The molecule has 0 amide bonds. The molecule has 2 aromatic heterocycles. The maximum Gasteiger partial charge on any atom is 0.289 e. The van der Waals surface area contributed by atoms with Crippen LogP contribution in [0, 0.1) is 29.9 Å². The fraction of sp³-hybridized carbons (Fsp3) is 0.529. The molecular weight excluding hydrogens is 358 g/mol. The van der Waals surface area contributed by atoms with E-state index >= 15 is 0 Å². The van der Waals surface area contributed by atoms with E-state index in [4.69, 9.17) is 16.0 Å². The number of oxazole rings is 1. The first kappa shape index (κ1) is 18.6. The maximum atomic E-state index is 10.7. The van der Waals surface area contributed by atoms with E-state index in [-0.39, 0.29) is 10.7 Å². The number of hydrogen-bond donors (Lipinski definition) is 1. The average Bonchev–Trinajstić information content (AvgIpc) is 2.92. The van der Waals surface area contributed by atoms with Crippen LogP contribution in [0.5, 0.6) is 0 Å². The van der Waals surface area contributed by atoms with E-state index in [1.165, 1.54) is 12.3 Å². The highest BCUT2D eigenvalue weighted by Gasteiger charge is 2.21. The smallest absolute Gasteiger partial charge is 0.289 e. The summed E-state index contributed by atoms with van der Waals surface area (Å²) in [6, 6.07) is 1.32. The number of pyridine rings is 1. The van der Waals surface area contributed by atoms with Crippen LogP contribution < -0.4 is 5.32 Å². The Morgan fingerprint density at radius 2 is 2.15 bits per heavy atom. The molecule has 1 N–H and O–H groups in total. The van der Waals surface area contributed by atoms with E-state index in [9.17, 15) is 10.1 Å². The van der Waals surface area contributed by atoms with Crippen molar-refractivity contribution in [3.05, 3.63) is 44.7 Å². The molecule has 8 nitrogen and oxygen atoms in total. The summed E-state index contributed by atoms with van der Waals surface area (Å²) < 4.78 is 5.65. The van der Waals surface area contributed by atoms with Crippen LogP contribution in [0.4, 0.5) is 11.5 Å². The predicted octanol–water partition coefficient (Wildman–Crippen LogP) is 3.57. The highest BCUT2D eigenvalue weighted by Crippen LogP contribution is 2.25. The molecule has 9 heteroatoms. The Kier molecular flexibility index (Phi) is 5.73. The third-order valence-electron chi connectivity index (χ3n) is 4.73. The number of anilines is 1. The minimum Gasteiger partial charge on any atom is -0.444 e. The first-order valence-electron chi connectivity index (χ1n) is 8.61. The van der Waals surface area contributed by atoms with Crippen LogP contribution in [0.15, 0.2) is 16.7 Å². The Balaban J connectivity index is 1.46. The molecule has 0 bridgehead atoms. The SMILES string of the molecule is Cc1nc(CN2CCC(CNc3ncc([N+](=O)[O-])cc3Cl)CC2)oc1C. The predicted molar refractivity (Wildman–Crippen MR) is 98.4 cm³/mol. The molecule has 1 fully saturated rings. The minimum atomic E-state index is -0.505. The van der Waals surface area contributed by atoms with Gasteiger partial charge in [-0.2, -0.15) is 0 Å². The standard InChI is InChI=1S/C17H22ClN5O3/c1-11-12(2)26-16(21-11)10-22-5-3-13(4-6-22)8-19-17-15(18)7-14(9-20-17)23(24)25/h7,9,13H,3-6,8,10H2,1-2H3,(H,19,20). The van der Waals surface area contributed by atoms with Crippen LogP contribution in [0.3, 0.4) is 0 Å². The lowest BCUT2D eigenvalue weighted by molar-refractivity contribution is -0.385. The van der Waals surface area contributed by atoms with Crippen LogP contribution in [0.1, 0.15) is 30.2 Å². The van der Waals surface area contributed by atoms with Crippen molar-refractivity contribution in [1.82, 2.24) is 14.9 Å². The minimum absolute atomic E-state index is 0.106. The second kappa shape index (κ2) is 8.01. The molecule has 1 saturated heterocycles. The summed E-state index contributed by atoms with van der Waals surface area (Å²) in [5, 5.41) is 14.2. The van der Waals surface area contributed by atoms with E-state index < -0.39 is 4.92 Å². The van der Waals surface area contributed by atoms with Crippen LogP contribution >= 0.6 is 11.6 Å². The van der Waals surface area contributed by atoms with Gasteiger partial charge in [0.15, 0.2) is 0 Å². The molecule has 0 unspecified atom stereocenters. The van der Waals surface area contributed by atoms with Gasteiger partial charge < -0.3 is 9.73 Å². The van der Waals surface area contributed by atoms with E-state index in [2.05, 4.69) is 20.2 Å². The number of aromatic nitrogens is 2. The Morgan fingerprint density at radius 3 is 2.73 bits per heavy atom. The van der Waals surface area contributed by atoms with Crippen molar-refractivity contribution in [3.63, 3.8) is 0 Å². The summed E-state index contributed by atoms with van der Waals surface area (Å²) in [7, 11) is 0. The third kappa shape index (κ3) is 4.50. The Morgan fingerprint density at radius 1 is 1.42 bits per heavy atom. The van der Waals surface area contributed by atoms with E-state index in [0.717, 1.165) is 56.4 Å². The van der Waals surface area contributed by atoms with Crippen molar-refractivity contribution >= 4 is 23.1 Å². The number of halogens is 1. The number of nitrogens with one attached hydrogen (secondary N) is 1. The molecule has 26 heavy (non-hydrogen) atoms. The highest BCUT2D eigenvalue weighted by molar-refractivity contribution is 6.33. The summed E-state index contributed by atoms with van der Waals surface area (Å²) in [5.74, 6) is 2.66. The summed E-state index contributed by atoms with van der Waals surface area (Å²) in [5.41, 5.74) is 0.845. The van der Waals surface area contributed by atoms with Gasteiger partial charge in [-0.3, -0.25) is 15.0 Å². The van der Waals surface area contributed by atoms with Gasteiger partial charge >= 0.3 is 0 Å². The van der Waals surface area contributed by atoms with Crippen molar-refractivity contribution in [3.8, 4) is 0 Å². The van der Waals surface area contributed by atoms with Crippen LogP contribution in [-0.4, -0.2) is 39.4 Å². The van der Waals surface area contributed by atoms with Crippen molar-refractivity contribution in [2.24, 2.45) is 5.92 Å². The average molecular weight is 380 g/mol. The van der Waals surface area contributed by atoms with Gasteiger partial charge in [0.1, 0.15) is 17.8 Å². The van der Waals surface area contributed by atoms with Gasteiger partial charge in [-0.1, -0.05) is 11.6 Å². The van der Waals surface area contributed by atoms with Gasteiger partial charge in [0.25, 0.3) is 5.69 Å². The van der Waals surface area contributed by atoms with Crippen molar-refractivity contribution in [1.29, 1.82) is 0 Å². The number of hydrogen-bond acceptors (Lipinski definition) is 7. The Labute approximate surface area is 156 Å². The van der Waals surface area contributed by atoms with Crippen LogP contribution in [0.25, 0.3) is 0 Å². The van der Waals surface area contributed by atoms with Crippen molar-refractivity contribution < 1.29 is 9.34 Å². The van der Waals surface area contributed by atoms with Gasteiger partial charge in [-0.15, -0.1) is 0 Å². The van der Waals surface area contributed by atoms with Gasteiger partial charge in [-0.25, -0.2) is 9.97 Å². The second-order valence-corrected chi connectivity index (χ2v) is 7.04. The number of nitro groups is 1. The normalized spacial score (nSPS) is 16.0. The molecule has 0 aliphatic carbocycles. The highest BCUT2D eigenvalue weighted by atomic mass is 35.5. The number of likely N-dealkylation sites (tertiary alicyclic amines) is 1. The zero-order valence-electron chi connectivity index (χ0n) is 14.9. The molecule has 0 aromatic carbocycles. The lowest BCUT2D eigenvalue weighted by atomic mass is 9.97. The molecular formula is C17H22ClN5O3. The summed E-state index contributed by atoms with van der Waals surface area (Å²) in [6.07, 6.45) is 3.32. The Hall–Kier alpha value is -2.19. The molecule has 140 valence electrons. The zero-order valence-corrected chi connectivity index (χ0v) is 15.6. The van der Waals surface area contributed by atoms with Gasteiger partial charge in [0.05, 0.1) is 22.2 Å². The summed E-state index contributed by atoms with van der Waals surface area (Å²) in [4.78, 5) is 21.0. The molecule has 3 rings (SSSR count). The fourth-order valence-electron chi connectivity index (χ4n) is 3.05. The first-order chi connectivity index (χ1) is 12.4. The lowest BCUT2D eigenvalue weighted by Crippen LogP contribution is -2.35. The van der Waals surface area contributed by atoms with E-state index in [1.54, 1.807) is 0 Å².